The standard InChI is InChI=1S/C18H20N2O/c1-3-20(17-6-4-5-15(2)13-17)11-12-21-18-9-7-16(14-19)8-10-18/h4-10,13H,3,11-12H2,1-2H3. The molecule has 0 fully saturated rings. The quantitative estimate of drug-likeness (QED) is 0.808. The van der Waals surface area contributed by atoms with Crippen molar-refractivity contribution >= 4 is 5.69 Å². The van der Waals surface area contributed by atoms with Gasteiger partial charge in [-0.1, -0.05) is 12.1 Å². The van der Waals surface area contributed by atoms with Gasteiger partial charge in [-0.2, -0.15) is 5.26 Å². The van der Waals surface area contributed by atoms with Gasteiger partial charge in [0.15, 0.2) is 0 Å². The zero-order valence-electron chi connectivity index (χ0n) is 12.5. The molecular formula is C18H20N2O. The summed E-state index contributed by atoms with van der Waals surface area (Å²) in [6, 6.07) is 17.8. The smallest absolute Gasteiger partial charge is 0.119 e. The second-order valence-electron chi connectivity index (χ2n) is 4.90. The van der Waals surface area contributed by atoms with Crippen LogP contribution < -0.4 is 9.64 Å². The zero-order chi connectivity index (χ0) is 15.1. The highest BCUT2D eigenvalue weighted by Crippen LogP contribution is 2.16. The van der Waals surface area contributed by atoms with Gasteiger partial charge in [0.25, 0.3) is 0 Å². The highest BCUT2D eigenvalue weighted by Gasteiger charge is 2.04. The molecule has 0 radical (unpaired) electrons. The molecule has 0 unspecified atom stereocenters. The Morgan fingerprint density at radius 1 is 1.14 bits per heavy atom. The molecule has 0 aromatic heterocycles. The molecule has 108 valence electrons. The van der Waals surface area contributed by atoms with E-state index >= 15 is 0 Å². The molecule has 0 N–H and O–H groups in total. The average molecular weight is 280 g/mol. The summed E-state index contributed by atoms with van der Waals surface area (Å²) in [6.45, 7) is 6.64. The first kappa shape index (κ1) is 14.9. The van der Waals surface area contributed by atoms with Crippen LogP contribution >= 0.6 is 0 Å². The molecule has 0 aliphatic carbocycles. The number of ether oxygens (including phenoxy) is 1. The lowest BCUT2D eigenvalue weighted by atomic mass is 10.2. The Labute approximate surface area is 126 Å². The molecule has 3 nitrogen and oxygen atoms in total. The monoisotopic (exact) mass is 280 g/mol. The van der Waals surface area contributed by atoms with Crippen molar-refractivity contribution in [3.63, 3.8) is 0 Å². The van der Waals surface area contributed by atoms with E-state index in [9.17, 15) is 0 Å². The minimum Gasteiger partial charge on any atom is -0.492 e. The zero-order valence-corrected chi connectivity index (χ0v) is 12.5. The molecular weight excluding hydrogens is 260 g/mol. The van der Waals surface area contributed by atoms with E-state index in [0.717, 1.165) is 18.8 Å². The van der Waals surface area contributed by atoms with Crippen LogP contribution in [0.5, 0.6) is 5.75 Å². The van der Waals surface area contributed by atoms with Crippen LogP contribution in [0.25, 0.3) is 0 Å². The van der Waals surface area contributed by atoms with Gasteiger partial charge in [0.05, 0.1) is 18.2 Å². The molecule has 0 heterocycles. The van der Waals surface area contributed by atoms with Crippen molar-refractivity contribution in [2.24, 2.45) is 0 Å². The van der Waals surface area contributed by atoms with Crippen LogP contribution in [0.1, 0.15) is 18.1 Å². The molecule has 0 aliphatic heterocycles. The predicted molar refractivity (Wildman–Crippen MR) is 85.7 cm³/mol. The normalized spacial score (nSPS) is 9.95. The largest absolute Gasteiger partial charge is 0.492 e. The molecule has 0 aliphatic rings. The molecule has 21 heavy (non-hydrogen) atoms. The van der Waals surface area contributed by atoms with Crippen LogP contribution in [-0.2, 0) is 0 Å². The van der Waals surface area contributed by atoms with Crippen molar-refractivity contribution in [2.75, 3.05) is 24.6 Å². The SMILES string of the molecule is CCN(CCOc1ccc(C#N)cc1)c1cccc(C)c1. The third kappa shape index (κ3) is 4.25. The number of rotatable bonds is 6. The first-order valence-corrected chi connectivity index (χ1v) is 7.17. The third-order valence-corrected chi connectivity index (χ3v) is 3.36. The van der Waals surface area contributed by atoms with E-state index in [1.54, 1.807) is 12.1 Å². The maximum Gasteiger partial charge on any atom is 0.119 e. The van der Waals surface area contributed by atoms with E-state index < -0.39 is 0 Å². The summed E-state index contributed by atoms with van der Waals surface area (Å²) in [5.41, 5.74) is 3.14. The number of benzene rings is 2. The second kappa shape index (κ2) is 7.35. The summed E-state index contributed by atoms with van der Waals surface area (Å²) in [5.74, 6) is 0.800. The summed E-state index contributed by atoms with van der Waals surface area (Å²) in [6.07, 6.45) is 0. The van der Waals surface area contributed by atoms with E-state index in [-0.39, 0.29) is 0 Å². The van der Waals surface area contributed by atoms with Gasteiger partial charge >= 0.3 is 0 Å². The first-order chi connectivity index (χ1) is 10.2. The van der Waals surface area contributed by atoms with E-state index in [2.05, 4.69) is 49.1 Å². The van der Waals surface area contributed by atoms with Gasteiger partial charge in [-0.05, 0) is 55.8 Å². The lowest BCUT2D eigenvalue weighted by Gasteiger charge is -2.23. The maximum absolute atomic E-state index is 8.76. The Morgan fingerprint density at radius 3 is 2.52 bits per heavy atom. The van der Waals surface area contributed by atoms with E-state index in [4.69, 9.17) is 10.00 Å². The lowest BCUT2D eigenvalue weighted by Crippen LogP contribution is -2.28. The minimum atomic E-state index is 0.619. The predicted octanol–water partition coefficient (Wildman–Crippen LogP) is 3.77. The fourth-order valence-corrected chi connectivity index (χ4v) is 2.19. The number of likely N-dealkylation sites (N-methyl/N-ethyl adjacent to an activating group) is 1. The van der Waals surface area contributed by atoms with Crippen LogP contribution in [0.4, 0.5) is 5.69 Å². The molecule has 0 saturated carbocycles. The molecule has 0 amide bonds. The number of nitriles is 1. The van der Waals surface area contributed by atoms with Gasteiger partial charge < -0.3 is 9.64 Å². The Kier molecular flexibility index (Phi) is 5.22. The van der Waals surface area contributed by atoms with Crippen molar-refractivity contribution in [2.45, 2.75) is 13.8 Å². The van der Waals surface area contributed by atoms with Crippen molar-refractivity contribution < 1.29 is 4.74 Å². The number of aryl methyl sites for hydroxylation is 1. The van der Waals surface area contributed by atoms with Crippen molar-refractivity contribution in [3.8, 4) is 11.8 Å². The Balaban J connectivity index is 1.90. The number of anilines is 1. The summed E-state index contributed by atoms with van der Waals surface area (Å²) in [5, 5.41) is 8.76. The lowest BCUT2D eigenvalue weighted by molar-refractivity contribution is 0.324. The van der Waals surface area contributed by atoms with Gasteiger partial charge in [0.2, 0.25) is 0 Å². The van der Waals surface area contributed by atoms with Crippen LogP contribution in [0.2, 0.25) is 0 Å². The van der Waals surface area contributed by atoms with Crippen LogP contribution in [0, 0.1) is 18.3 Å². The third-order valence-electron chi connectivity index (χ3n) is 3.36. The molecule has 0 bridgehead atoms. The van der Waals surface area contributed by atoms with Crippen molar-refractivity contribution in [1.29, 1.82) is 5.26 Å². The fourth-order valence-electron chi connectivity index (χ4n) is 2.19. The summed E-state index contributed by atoms with van der Waals surface area (Å²) in [4.78, 5) is 2.29. The topological polar surface area (TPSA) is 36.3 Å². The Morgan fingerprint density at radius 2 is 1.90 bits per heavy atom. The number of hydrogen-bond acceptors (Lipinski definition) is 3. The average Bonchev–Trinajstić information content (AvgIpc) is 2.52. The van der Waals surface area contributed by atoms with Crippen molar-refractivity contribution in [3.05, 3.63) is 59.7 Å². The first-order valence-electron chi connectivity index (χ1n) is 7.17. The van der Waals surface area contributed by atoms with E-state index in [1.165, 1.54) is 11.3 Å². The highest BCUT2D eigenvalue weighted by atomic mass is 16.5. The molecule has 0 spiro atoms. The van der Waals surface area contributed by atoms with Gasteiger partial charge in [0.1, 0.15) is 12.4 Å². The molecule has 2 aromatic carbocycles. The van der Waals surface area contributed by atoms with Crippen molar-refractivity contribution in [1.82, 2.24) is 0 Å². The highest BCUT2D eigenvalue weighted by molar-refractivity contribution is 5.48. The van der Waals surface area contributed by atoms with E-state index in [0.29, 0.717) is 12.2 Å². The van der Waals surface area contributed by atoms with Gasteiger partial charge in [0, 0.05) is 12.2 Å². The van der Waals surface area contributed by atoms with Crippen LogP contribution in [0.15, 0.2) is 48.5 Å². The minimum absolute atomic E-state index is 0.619. The fraction of sp³-hybridized carbons (Fsp3) is 0.278. The van der Waals surface area contributed by atoms with Gasteiger partial charge in [-0.15, -0.1) is 0 Å². The molecule has 0 saturated heterocycles. The van der Waals surface area contributed by atoms with Crippen LogP contribution in [0.3, 0.4) is 0 Å². The summed E-state index contributed by atoms with van der Waals surface area (Å²) in [7, 11) is 0. The summed E-state index contributed by atoms with van der Waals surface area (Å²) < 4.78 is 5.74. The Hall–Kier alpha value is -2.47. The van der Waals surface area contributed by atoms with Gasteiger partial charge in [-0.25, -0.2) is 0 Å². The van der Waals surface area contributed by atoms with Gasteiger partial charge in [-0.3, -0.25) is 0 Å². The number of nitrogens with zero attached hydrogens (tertiary/aromatic N) is 2. The summed E-state index contributed by atoms with van der Waals surface area (Å²) >= 11 is 0. The Bertz CT molecular complexity index is 614. The number of hydrogen-bond donors (Lipinski definition) is 0. The molecule has 3 heteroatoms. The molecule has 0 atom stereocenters. The van der Waals surface area contributed by atoms with E-state index in [1.807, 2.05) is 12.1 Å². The molecule has 2 rings (SSSR count). The molecule has 2 aromatic rings. The maximum atomic E-state index is 8.76. The van der Waals surface area contributed by atoms with Crippen LogP contribution in [-0.4, -0.2) is 19.7 Å². The second-order valence-corrected chi connectivity index (χ2v) is 4.90.